The zero-order valence-electron chi connectivity index (χ0n) is 12.1. The second-order valence-electron chi connectivity index (χ2n) is 4.86. The van der Waals surface area contributed by atoms with Crippen molar-refractivity contribution in [1.29, 1.82) is 0 Å². The van der Waals surface area contributed by atoms with Gasteiger partial charge in [-0.25, -0.2) is 9.78 Å². The fourth-order valence-corrected chi connectivity index (χ4v) is 1.68. The van der Waals surface area contributed by atoms with Gasteiger partial charge < -0.3 is 10.6 Å². The minimum absolute atomic E-state index is 0.0873. The summed E-state index contributed by atoms with van der Waals surface area (Å²) in [6.45, 7) is 4.43. The fourth-order valence-electron chi connectivity index (χ4n) is 1.68. The van der Waals surface area contributed by atoms with Crippen LogP contribution in [0.1, 0.15) is 19.5 Å². The van der Waals surface area contributed by atoms with Crippen LogP contribution in [0.2, 0.25) is 0 Å². The lowest BCUT2D eigenvalue weighted by molar-refractivity contribution is 0.250. The molecule has 3 N–H and O–H groups in total. The number of aromatic nitrogens is 2. The number of rotatable bonds is 5. The van der Waals surface area contributed by atoms with Gasteiger partial charge in [0.1, 0.15) is 5.82 Å². The summed E-state index contributed by atoms with van der Waals surface area (Å²) < 4.78 is 0. The standard InChI is InChI=1S/C15H19N5O/c1-11(2)19-15(21)20-14-7-6-13(10-18-14)17-9-12-5-3-4-8-16-12/h3-8,10-11,17H,9H2,1-2H3,(H2,18,19,20,21). The lowest BCUT2D eigenvalue weighted by atomic mass is 10.3. The first kappa shape index (κ1) is 14.8. The van der Waals surface area contributed by atoms with Crippen LogP contribution in [-0.2, 0) is 6.54 Å². The average molecular weight is 285 g/mol. The molecule has 0 bridgehead atoms. The van der Waals surface area contributed by atoms with E-state index in [1.54, 1.807) is 18.5 Å². The van der Waals surface area contributed by atoms with Crippen LogP contribution in [0.4, 0.5) is 16.3 Å². The van der Waals surface area contributed by atoms with Crippen molar-refractivity contribution in [3.63, 3.8) is 0 Å². The fraction of sp³-hybridized carbons (Fsp3) is 0.267. The maximum Gasteiger partial charge on any atom is 0.320 e. The topological polar surface area (TPSA) is 78.9 Å². The zero-order valence-corrected chi connectivity index (χ0v) is 12.1. The summed E-state index contributed by atoms with van der Waals surface area (Å²) in [4.78, 5) is 19.9. The maximum absolute atomic E-state index is 11.5. The van der Waals surface area contributed by atoms with Crippen LogP contribution >= 0.6 is 0 Å². The van der Waals surface area contributed by atoms with Crippen LogP contribution in [0.3, 0.4) is 0 Å². The van der Waals surface area contributed by atoms with Crippen molar-refractivity contribution in [3.8, 4) is 0 Å². The molecule has 0 fully saturated rings. The molecule has 2 rings (SSSR count). The molecule has 0 aliphatic heterocycles. The first-order valence-corrected chi connectivity index (χ1v) is 6.81. The highest BCUT2D eigenvalue weighted by Crippen LogP contribution is 2.10. The Kier molecular flexibility index (Phi) is 5.09. The molecule has 0 spiro atoms. The van der Waals surface area contributed by atoms with Crippen LogP contribution in [-0.4, -0.2) is 22.0 Å². The number of urea groups is 1. The predicted octanol–water partition coefficient (Wildman–Crippen LogP) is 2.62. The number of carbonyl (C=O) groups is 1. The minimum atomic E-state index is -0.258. The molecule has 110 valence electrons. The molecular formula is C15H19N5O. The summed E-state index contributed by atoms with van der Waals surface area (Å²) in [5.74, 6) is 0.511. The first-order chi connectivity index (χ1) is 10.1. The Labute approximate surface area is 124 Å². The largest absolute Gasteiger partial charge is 0.378 e. The minimum Gasteiger partial charge on any atom is -0.378 e. The summed E-state index contributed by atoms with van der Waals surface area (Å²) in [5.41, 5.74) is 1.83. The molecule has 0 aliphatic rings. The van der Waals surface area contributed by atoms with Gasteiger partial charge in [-0.05, 0) is 38.1 Å². The monoisotopic (exact) mass is 285 g/mol. The Bertz CT molecular complexity index is 568. The lowest BCUT2D eigenvalue weighted by Crippen LogP contribution is -2.34. The van der Waals surface area contributed by atoms with Crippen LogP contribution in [0, 0.1) is 0 Å². The predicted molar refractivity (Wildman–Crippen MR) is 83.1 cm³/mol. The molecule has 0 saturated carbocycles. The van der Waals surface area contributed by atoms with Crippen LogP contribution < -0.4 is 16.0 Å². The molecule has 0 radical (unpaired) electrons. The van der Waals surface area contributed by atoms with E-state index in [-0.39, 0.29) is 12.1 Å². The van der Waals surface area contributed by atoms with Crippen LogP contribution in [0.5, 0.6) is 0 Å². The van der Waals surface area contributed by atoms with Crippen molar-refractivity contribution < 1.29 is 4.79 Å². The highest BCUT2D eigenvalue weighted by atomic mass is 16.2. The van der Waals surface area contributed by atoms with E-state index in [0.717, 1.165) is 11.4 Å². The summed E-state index contributed by atoms with van der Waals surface area (Å²) in [7, 11) is 0. The van der Waals surface area contributed by atoms with Crippen molar-refractivity contribution in [2.45, 2.75) is 26.4 Å². The molecule has 0 aromatic carbocycles. The van der Waals surface area contributed by atoms with Gasteiger partial charge in [0, 0.05) is 12.2 Å². The molecular weight excluding hydrogens is 266 g/mol. The number of amides is 2. The molecule has 6 heteroatoms. The highest BCUT2D eigenvalue weighted by Gasteiger charge is 2.04. The van der Waals surface area contributed by atoms with Crippen molar-refractivity contribution in [3.05, 3.63) is 48.4 Å². The SMILES string of the molecule is CC(C)NC(=O)Nc1ccc(NCc2ccccn2)cn1. The average Bonchev–Trinajstić information content (AvgIpc) is 2.47. The second kappa shape index (κ2) is 7.23. The van der Waals surface area contributed by atoms with Gasteiger partial charge in [0.15, 0.2) is 0 Å². The summed E-state index contributed by atoms with van der Waals surface area (Å²) in [6, 6.07) is 9.22. The molecule has 2 amide bonds. The summed E-state index contributed by atoms with van der Waals surface area (Å²) >= 11 is 0. The highest BCUT2D eigenvalue weighted by molar-refractivity contribution is 5.88. The normalized spacial score (nSPS) is 10.2. The van der Waals surface area contributed by atoms with E-state index in [1.165, 1.54) is 0 Å². The molecule has 2 aromatic rings. The molecule has 0 atom stereocenters. The molecule has 6 nitrogen and oxygen atoms in total. The number of hydrogen-bond donors (Lipinski definition) is 3. The van der Waals surface area contributed by atoms with Crippen molar-refractivity contribution >= 4 is 17.5 Å². The van der Waals surface area contributed by atoms with Crippen LogP contribution in [0.25, 0.3) is 0 Å². The summed E-state index contributed by atoms with van der Waals surface area (Å²) in [6.07, 6.45) is 3.43. The van der Waals surface area contributed by atoms with E-state index in [0.29, 0.717) is 12.4 Å². The van der Waals surface area contributed by atoms with Gasteiger partial charge in [0.2, 0.25) is 0 Å². The third-order valence-corrected chi connectivity index (χ3v) is 2.62. The third-order valence-electron chi connectivity index (χ3n) is 2.62. The van der Waals surface area contributed by atoms with Crippen molar-refractivity contribution in [2.24, 2.45) is 0 Å². The van der Waals surface area contributed by atoms with E-state index in [2.05, 4.69) is 25.9 Å². The van der Waals surface area contributed by atoms with Gasteiger partial charge in [-0.15, -0.1) is 0 Å². The maximum atomic E-state index is 11.5. The Balaban J connectivity index is 1.86. The first-order valence-electron chi connectivity index (χ1n) is 6.81. The molecule has 0 aliphatic carbocycles. The van der Waals surface area contributed by atoms with Crippen molar-refractivity contribution in [2.75, 3.05) is 10.6 Å². The van der Waals surface area contributed by atoms with Crippen molar-refractivity contribution in [1.82, 2.24) is 15.3 Å². The zero-order chi connectivity index (χ0) is 15.1. The number of hydrogen-bond acceptors (Lipinski definition) is 4. The van der Waals surface area contributed by atoms with Gasteiger partial charge >= 0.3 is 6.03 Å². The van der Waals surface area contributed by atoms with E-state index in [9.17, 15) is 4.79 Å². The Morgan fingerprint density at radius 2 is 2.05 bits per heavy atom. The molecule has 0 saturated heterocycles. The lowest BCUT2D eigenvalue weighted by Gasteiger charge is -2.10. The number of pyridine rings is 2. The van der Waals surface area contributed by atoms with Gasteiger partial charge in [0.05, 0.1) is 24.1 Å². The van der Waals surface area contributed by atoms with E-state index < -0.39 is 0 Å². The van der Waals surface area contributed by atoms with Gasteiger partial charge in [0.25, 0.3) is 0 Å². The second-order valence-corrected chi connectivity index (χ2v) is 4.86. The smallest absolute Gasteiger partial charge is 0.320 e. The Morgan fingerprint density at radius 3 is 2.67 bits per heavy atom. The third kappa shape index (κ3) is 5.10. The van der Waals surface area contributed by atoms with Gasteiger partial charge in [-0.3, -0.25) is 10.3 Å². The Morgan fingerprint density at radius 1 is 1.19 bits per heavy atom. The molecule has 2 heterocycles. The van der Waals surface area contributed by atoms with E-state index in [1.807, 2.05) is 38.1 Å². The number of nitrogens with one attached hydrogen (secondary N) is 3. The quantitative estimate of drug-likeness (QED) is 0.789. The molecule has 2 aromatic heterocycles. The van der Waals surface area contributed by atoms with E-state index in [4.69, 9.17) is 0 Å². The summed E-state index contributed by atoms with van der Waals surface area (Å²) in [5, 5.41) is 8.63. The number of nitrogens with zero attached hydrogens (tertiary/aromatic N) is 2. The Hall–Kier alpha value is -2.63. The number of carbonyl (C=O) groups excluding carboxylic acids is 1. The van der Waals surface area contributed by atoms with Gasteiger partial charge in [-0.2, -0.15) is 0 Å². The van der Waals surface area contributed by atoms with E-state index >= 15 is 0 Å². The number of anilines is 2. The van der Waals surface area contributed by atoms with Crippen LogP contribution in [0.15, 0.2) is 42.7 Å². The molecule has 0 unspecified atom stereocenters. The molecule has 21 heavy (non-hydrogen) atoms. The van der Waals surface area contributed by atoms with Gasteiger partial charge in [-0.1, -0.05) is 6.07 Å².